The van der Waals surface area contributed by atoms with Crippen LogP contribution < -0.4 is 14.4 Å². The molecule has 2 bridgehead atoms. The second kappa shape index (κ2) is 17.0. The number of carbonyl (C=O) groups is 3. The average molecular weight is 789 g/mol. The number of aryl methyl sites for hydroxylation is 2. The molecule has 0 saturated heterocycles. The molecule has 6 atom stereocenters. The van der Waals surface area contributed by atoms with Crippen molar-refractivity contribution in [3.05, 3.63) is 70.8 Å². The zero-order valence-electron chi connectivity index (χ0n) is 33.8. The molecule has 3 aliphatic carbocycles. The number of hydrogen-bond acceptors (Lipinski definition) is 8. The van der Waals surface area contributed by atoms with E-state index in [1.807, 2.05) is 19.1 Å². The van der Waals surface area contributed by atoms with Gasteiger partial charge in [-0.3, -0.25) is 19.1 Å². The van der Waals surface area contributed by atoms with E-state index in [4.69, 9.17) is 14.2 Å². The number of allylic oxidation sites excluding steroid dienone is 1. The van der Waals surface area contributed by atoms with Crippen LogP contribution in [0.1, 0.15) is 91.8 Å². The molecule has 304 valence electrons. The summed E-state index contributed by atoms with van der Waals surface area (Å²) in [6, 6.07) is 12.2. The number of amides is 3. The van der Waals surface area contributed by atoms with E-state index in [1.54, 1.807) is 32.2 Å². The van der Waals surface area contributed by atoms with Crippen molar-refractivity contribution in [1.82, 2.24) is 9.62 Å². The van der Waals surface area contributed by atoms with E-state index >= 15 is 0 Å². The van der Waals surface area contributed by atoms with Crippen molar-refractivity contribution in [2.75, 3.05) is 58.2 Å². The van der Waals surface area contributed by atoms with Crippen LogP contribution in [-0.2, 0) is 40.8 Å². The topological polar surface area (TPSA) is 127 Å². The molecule has 3 amide bonds. The Morgan fingerprint density at radius 3 is 2.62 bits per heavy atom. The molecule has 56 heavy (non-hydrogen) atoms. The molecule has 0 aromatic heterocycles. The van der Waals surface area contributed by atoms with Gasteiger partial charge < -0.3 is 24.0 Å². The number of methoxy groups -OCH3 is 1. The van der Waals surface area contributed by atoms with Crippen LogP contribution in [0.2, 0.25) is 0 Å². The van der Waals surface area contributed by atoms with Crippen LogP contribution >= 0.6 is 0 Å². The minimum absolute atomic E-state index is 0.00212. The summed E-state index contributed by atoms with van der Waals surface area (Å²) in [7, 11) is 1.76. The van der Waals surface area contributed by atoms with Crippen LogP contribution in [0.4, 0.5) is 5.69 Å². The molecule has 1 unspecified atom stereocenters. The average Bonchev–Trinajstić information content (AvgIpc) is 3.31. The first-order valence-electron chi connectivity index (χ1n) is 20.6. The maximum atomic E-state index is 14.6. The third-order valence-electron chi connectivity index (χ3n) is 12.9. The fourth-order valence-electron chi connectivity index (χ4n) is 9.77. The molecule has 1 N–H and O–H groups in total. The van der Waals surface area contributed by atoms with E-state index in [2.05, 4.69) is 51.3 Å². The second-order valence-electron chi connectivity index (χ2n) is 17.4. The monoisotopic (exact) mass is 788 g/mol. The molecule has 1 spiro atoms. The van der Waals surface area contributed by atoms with Crippen LogP contribution in [0, 0.1) is 30.6 Å². The summed E-state index contributed by atoms with van der Waals surface area (Å²) in [6.45, 7) is 5.88. The molecule has 0 radical (unpaired) electrons. The summed E-state index contributed by atoms with van der Waals surface area (Å²) in [6.07, 6.45) is 12.6. The van der Waals surface area contributed by atoms with Gasteiger partial charge in [0, 0.05) is 51.2 Å². The van der Waals surface area contributed by atoms with Crippen LogP contribution in [0.15, 0.2) is 52.9 Å². The Hall–Kier alpha value is -3.74. The van der Waals surface area contributed by atoms with E-state index in [0.717, 1.165) is 56.6 Å². The quantitative estimate of drug-likeness (QED) is 0.333. The number of hydrogen-bond donors (Lipinski definition) is 1. The summed E-state index contributed by atoms with van der Waals surface area (Å²) < 4.78 is 40.3. The lowest BCUT2D eigenvalue weighted by Crippen LogP contribution is -2.49. The highest BCUT2D eigenvalue weighted by Crippen LogP contribution is 2.47. The summed E-state index contributed by atoms with van der Waals surface area (Å²) in [5.41, 5.74) is 4.93. The number of ether oxygens (including phenoxy) is 3. The lowest BCUT2D eigenvalue weighted by atomic mass is 9.68. The Morgan fingerprint density at radius 1 is 1.09 bits per heavy atom. The first-order chi connectivity index (χ1) is 26.8. The largest absolute Gasteiger partial charge is 0.490 e. The summed E-state index contributed by atoms with van der Waals surface area (Å²) >= 11 is 0. The Kier molecular flexibility index (Phi) is 12.3. The van der Waals surface area contributed by atoms with Gasteiger partial charge in [0.1, 0.15) is 22.3 Å². The molecular weight excluding hydrogens is 729 g/mol. The van der Waals surface area contributed by atoms with E-state index in [0.29, 0.717) is 56.1 Å². The van der Waals surface area contributed by atoms with Crippen molar-refractivity contribution in [3.63, 3.8) is 0 Å². The van der Waals surface area contributed by atoms with Gasteiger partial charge in [-0.15, -0.1) is 4.36 Å². The summed E-state index contributed by atoms with van der Waals surface area (Å²) in [5, 5.41) is 0. The molecule has 2 fully saturated rings. The fraction of sp³-hybridized carbons (Fsp3) is 0.614. The predicted molar refractivity (Wildman–Crippen MR) is 218 cm³/mol. The maximum Gasteiger partial charge on any atom is 0.286 e. The molecular formula is C44H60N4O7S. The SMILES string of the molecule is CO[C@H]1/C=C/C[C@H](C)CS(=O)(NC(=O)COC2CCC(C(=O)N(C)C)CC2)=NC(=O)c2ccc3c(c2)N(C[C@@H]2CC[C@H]21)C[C@@]1(CCCc2cc(C)ccc21)CO3. The molecule has 2 aliphatic heterocycles. The highest BCUT2D eigenvalue weighted by molar-refractivity contribution is 7.92. The minimum atomic E-state index is -3.54. The molecule has 2 saturated carbocycles. The van der Waals surface area contributed by atoms with Crippen LogP contribution in [0.25, 0.3) is 0 Å². The highest BCUT2D eigenvalue weighted by atomic mass is 32.2. The van der Waals surface area contributed by atoms with E-state index in [9.17, 15) is 18.6 Å². The lowest BCUT2D eigenvalue weighted by Gasteiger charge is -2.46. The molecule has 11 nitrogen and oxygen atoms in total. The van der Waals surface area contributed by atoms with Crippen molar-refractivity contribution in [1.29, 1.82) is 0 Å². The zero-order valence-corrected chi connectivity index (χ0v) is 34.6. The number of carbonyl (C=O) groups excluding carboxylic acids is 3. The van der Waals surface area contributed by atoms with Gasteiger partial charge in [0.15, 0.2) is 0 Å². The normalized spacial score (nSPS) is 32.4. The van der Waals surface area contributed by atoms with Crippen molar-refractivity contribution >= 4 is 33.3 Å². The molecule has 5 aliphatic rings. The van der Waals surface area contributed by atoms with Gasteiger partial charge >= 0.3 is 0 Å². The number of nitrogens with zero attached hydrogens (tertiary/aromatic N) is 3. The van der Waals surface area contributed by atoms with Gasteiger partial charge in [0.25, 0.3) is 11.8 Å². The lowest BCUT2D eigenvalue weighted by molar-refractivity contribution is -0.136. The van der Waals surface area contributed by atoms with Crippen molar-refractivity contribution < 1.29 is 32.8 Å². The Labute approximate surface area is 333 Å². The number of nitrogens with one attached hydrogen (secondary N) is 1. The van der Waals surface area contributed by atoms with Gasteiger partial charge in [-0.25, -0.2) is 4.21 Å². The molecule has 2 aromatic rings. The Bertz CT molecular complexity index is 1950. The van der Waals surface area contributed by atoms with Crippen molar-refractivity contribution in [2.45, 2.75) is 95.7 Å². The summed E-state index contributed by atoms with van der Waals surface area (Å²) in [5.74, 6) is 0.153. The molecule has 12 heteroatoms. The number of rotatable bonds is 6. The third kappa shape index (κ3) is 8.87. The maximum absolute atomic E-state index is 14.6. The third-order valence-corrected chi connectivity index (χ3v) is 14.9. The van der Waals surface area contributed by atoms with Crippen LogP contribution in [0.5, 0.6) is 5.75 Å². The number of benzene rings is 2. The Morgan fingerprint density at radius 2 is 1.89 bits per heavy atom. The molecule has 2 aromatic carbocycles. The van der Waals surface area contributed by atoms with Gasteiger partial charge in [0.05, 0.1) is 30.3 Å². The Balaban J connectivity index is 1.17. The van der Waals surface area contributed by atoms with Crippen LogP contribution in [0.3, 0.4) is 0 Å². The van der Waals surface area contributed by atoms with Gasteiger partial charge in [-0.2, -0.15) is 0 Å². The zero-order chi connectivity index (χ0) is 39.6. The first kappa shape index (κ1) is 40.5. The van der Waals surface area contributed by atoms with Gasteiger partial charge in [0.2, 0.25) is 5.91 Å². The van der Waals surface area contributed by atoms with Crippen molar-refractivity contribution in [2.24, 2.45) is 28.0 Å². The predicted octanol–water partition coefficient (Wildman–Crippen LogP) is 6.41. The molecule has 7 rings (SSSR count). The van der Waals surface area contributed by atoms with Gasteiger partial charge in [-0.05, 0) is 118 Å². The van der Waals surface area contributed by atoms with E-state index in [-0.39, 0.29) is 47.7 Å². The van der Waals surface area contributed by atoms with Gasteiger partial charge in [-0.1, -0.05) is 42.8 Å². The second-order valence-corrected chi connectivity index (χ2v) is 19.4. The van der Waals surface area contributed by atoms with Crippen LogP contribution in [-0.4, -0.2) is 92.3 Å². The van der Waals surface area contributed by atoms with Crippen molar-refractivity contribution in [3.8, 4) is 5.75 Å². The van der Waals surface area contributed by atoms with E-state index in [1.165, 1.54) is 16.7 Å². The fourth-order valence-corrected chi connectivity index (χ4v) is 11.7. The number of anilines is 1. The minimum Gasteiger partial charge on any atom is -0.490 e. The smallest absolute Gasteiger partial charge is 0.286 e. The molecule has 2 heterocycles. The first-order valence-corrected chi connectivity index (χ1v) is 22.3. The van der Waals surface area contributed by atoms with E-state index < -0.39 is 21.7 Å². The highest BCUT2D eigenvalue weighted by Gasteiger charge is 2.44. The number of fused-ring (bicyclic) bond motifs is 4. The summed E-state index contributed by atoms with van der Waals surface area (Å²) in [4.78, 5) is 43.9. The standard InChI is InChI=1S/C44H60N4O7S/c1-29-11-19-37-32(22-29)9-7-21-44(37)27-48-24-34-14-18-36(34)39(53-5)10-6-8-30(2)26-56(52,46-42(50)33-15-20-40(55-28-44)38(48)23-33)45-41(49)25-54-35-16-12-31(13-17-35)43(51)47(3)4/h6,10-11,15,19-20,22-23,30-31,34-36,39H,7-9,12-14,16-18,21,24-28H2,1-5H3,(H,45,46,49,50,52)/b10-6+/t30-,31?,34-,35?,36+,39-,44-,56?/m0/s1.